The first kappa shape index (κ1) is 19.2. The monoisotopic (exact) mass is 366 g/mol. The number of nitrogens with zero attached hydrogens (tertiary/aromatic N) is 3. The predicted octanol–water partition coefficient (Wildman–Crippen LogP) is 4.19. The Bertz CT molecular complexity index is 711. The van der Waals surface area contributed by atoms with Crippen molar-refractivity contribution < 1.29 is 4.79 Å². The molecule has 5 nitrogen and oxygen atoms in total. The number of carbonyl (C=O) groups is 1. The number of benzene rings is 1. The molecular weight excluding hydrogens is 336 g/mol. The first-order valence-corrected chi connectivity index (χ1v) is 9.84. The molecule has 3 rings (SSSR count). The standard InChI is InChI=1S/C22H30N4O/c1-25(17-19-8-6-7-15-23-19)22(27)24-16-18-11-13-21(14-12-18)26(2)20-9-4-3-5-10-20/h6-8,11-15,20H,3-5,9-10,16-17H2,1-2H3,(H,24,27). The van der Waals surface area contributed by atoms with Gasteiger partial charge >= 0.3 is 6.03 Å². The minimum atomic E-state index is -0.0935. The maximum Gasteiger partial charge on any atom is 0.317 e. The van der Waals surface area contributed by atoms with Gasteiger partial charge in [-0.15, -0.1) is 0 Å². The summed E-state index contributed by atoms with van der Waals surface area (Å²) >= 11 is 0. The van der Waals surface area contributed by atoms with E-state index >= 15 is 0 Å². The average Bonchev–Trinajstić information content (AvgIpc) is 2.73. The third-order valence-electron chi connectivity index (χ3n) is 5.38. The molecule has 1 aromatic heterocycles. The van der Waals surface area contributed by atoms with Crippen LogP contribution in [0.1, 0.15) is 43.4 Å². The largest absolute Gasteiger partial charge is 0.372 e. The normalized spacial score (nSPS) is 14.6. The van der Waals surface area contributed by atoms with Crippen LogP contribution in [0.5, 0.6) is 0 Å². The van der Waals surface area contributed by atoms with Crippen molar-refractivity contribution in [3.05, 3.63) is 59.9 Å². The SMILES string of the molecule is CN(Cc1ccccn1)C(=O)NCc1ccc(N(C)C2CCCCC2)cc1. The van der Waals surface area contributed by atoms with Gasteiger partial charge in [0, 0.05) is 38.6 Å². The van der Waals surface area contributed by atoms with E-state index < -0.39 is 0 Å². The lowest BCUT2D eigenvalue weighted by atomic mass is 9.94. The zero-order chi connectivity index (χ0) is 19.1. The maximum atomic E-state index is 12.3. The van der Waals surface area contributed by atoms with Gasteiger partial charge in [-0.3, -0.25) is 4.98 Å². The Balaban J connectivity index is 1.48. The number of anilines is 1. The highest BCUT2D eigenvalue weighted by Gasteiger charge is 2.18. The highest BCUT2D eigenvalue weighted by Crippen LogP contribution is 2.26. The van der Waals surface area contributed by atoms with Crippen molar-refractivity contribution in [3.63, 3.8) is 0 Å². The van der Waals surface area contributed by atoms with Crippen LogP contribution in [0.3, 0.4) is 0 Å². The van der Waals surface area contributed by atoms with Crippen molar-refractivity contribution in [2.75, 3.05) is 19.0 Å². The molecule has 1 aliphatic carbocycles. The molecule has 5 heteroatoms. The van der Waals surface area contributed by atoms with Crippen molar-refractivity contribution >= 4 is 11.7 Å². The van der Waals surface area contributed by atoms with E-state index in [1.807, 2.05) is 18.2 Å². The molecule has 1 saturated carbocycles. The van der Waals surface area contributed by atoms with E-state index in [9.17, 15) is 4.79 Å². The molecule has 1 heterocycles. The van der Waals surface area contributed by atoms with Gasteiger partial charge in [0.2, 0.25) is 0 Å². The van der Waals surface area contributed by atoms with E-state index in [1.54, 1.807) is 18.1 Å². The second-order valence-corrected chi connectivity index (χ2v) is 7.41. The Hall–Kier alpha value is -2.56. The predicted molar refractivity (Wildman–Crippen MR) is 110 cm³/mol. The lowest BCUT2D eigenvalue weighted by molar-refractivity contribution is 0.206. The molecule has 1 N–H and O–H groups in total. The van der Waals surface area contributed by atoms with E-state index in [-0.39, 0.29) is 6.03 Å². The molecule has 0 atom stereocenters. The quantitative estimate of drug-likeness (QED) is 0.834. The van der Waals surface area contributed by atoms with Crippen LogP contribution in [-0.2, 0) is 13.1 Å². The molecule has 0 aliphatic heterocycles. The topological polar surface area (TPSA) is 48.5 Å². The minimum Gasteiger partial charge on any atom is -0.372 e. The summed E-state index contributed by atoms with van der Waals surface area (Å²) in [5, 5.41) is 2.98. The van der Waals surface area contributed by atoms with Crippen LogP contribution in [0.2, 0.25) is 0 Å². The van der Waals surface area contributed by atoms with Gasteiger partial charge < -0.3 is 15.1 Å². The number of aromatic nitrogens is 1. The molecule has 144 valence electrons. The van der Waals surface area contributed by atoms with Gasteiger partial charge in [0.05, 0.1) is 12.2 Å². The van der Waals surface area contributed by atoms with Crippen molar-refractivity contribution in [1.29, 1.82) is 0 Å². The van der Waals surface area contributed by atoms with E-state index in [4.69, 9.17) is 0 Å². The number of rotatable bonds is 6. The molecule has 1 aliphatic rings. The molecule has 27 heavy (non-hydrogen) atoms. The zero-order valence-electron chi connectivity index (χ0n) is 16.4. The van der Waals surface area contributed by atoms with Crippen molar-refractivity contribution in [2.24, 2.45) is 0 Å². The Morgan fingerprint density at radius 3 is 2.48 bits per heavy atom. The van der Waals surface area contributed by atoms with Crippen molar-refractivity contribution in [2.45, 2.75) is 51.2 Å². The second kappa shape index (κ2) is 9.40. The Labute approximate surface area is 162 Å². The summed E-state index contributed by atoms with van der Waals surface area (Å²) < 4.78 is 0. The Morgan fingerprint density at radius 2 is 1.81 bits per heavy atom. The zero-order valence-corrected chi connectivity index (χ0v) is 16.4. The summed E-state index contributed by atoms with van der Waals surface area (Å²) in [6.45, 7) is 1.02. The molecule has 0 unspecified atom stereocenters. The molecule has 2 aromatic rings. The fourth-order valence-electron chi connectivity index (χ4n) is 3.65. The number of nitrogens with one attached hydrogen (secondary N) is 1. The number of hydrogen-bond donors (Lipinski definition) is 1. The fourth-order valence-corrected chi connectivity index (χ4v) is 3.65. The minimum absolute atomic E-state index is 0.0935. The highest BCUT2D eigenvalue weighted by atomic mass is 16.2. The van der Waals surface area contributed by atoms with Gasteiger partial charge in [-0.05, 0) is 42.7 Å². The van der Waals surface area contributed by atoms with Crippen LogP contribution >= 0.6 is 0 Å². The van der Waals surface area contributed by atoms with Gasteiger partial charge in [-0.2, -0.15) is 0 Å². The number of urea groups is 1. The molecule has 0 bridgehead atoms. The number of carbonyl (C=O) groups excluding carboxylic acids is 1. The average molecular weight is 367 g/mol. The molecular formula is C22H30N4O. The van der Waals surface area contributed by atoms with Gasteiger partial charge in [0.1, 0.15) is 0 Å². The lowest BCUT2D eigenvalue weighted by Gasteiger charge is -2.33. The van der Waals surface area contributed by atoms with Crippen LogP contribution in [0, 0.1) is 0 Å². The molecule has 2 amide bonds. The van der Waals surface area contributed by atoms with Crippen molar-refractivity contribution in [1.82, 2.24) is 15.2 Å². The van der Waals surface area contributed by atoms with E-state index in [0.29, 0.717) is 19.1 Å². The van der Waals surface area contributed by atoms with E-state index in [0.717, 1.165) is 11.3 Å². The molecule has 0 radical (unpaired) electrons. The number of amides is 2. The summed E-state index contributed by atoms with van der Waals surface area (Å²) in [4.78, 5) is 20.6. The second-order valence-electron chi connectivity index (χ2n) is 7.41. The number of hydrogen-bond acceptors (Lipinski definition) is 3. The third kappa shape index (κ3) is 5.46. The summed E-state index contributed by atoms with van der Waals surface area (Å²) in [6, 6.07) is 14.8. The summed E-state index contributed by atoms with van der Waals surface area (Å²) in [6.07, 6.45) is 8.37. The lowest BCUT2D eigenvalue weighted by Crippen LogP contribution is -2.36. The Morgan fingerprint density at radius 1 is 1.07 bits per heavy atom. The van der Waals surface area contributed by atoms with E-state index in [2.05, 4.69) is 46.5 Å². The fraction of sp³-hybridized carbons (Fsp3) is 0.455. The highest BCUT2D eigenvalue weighted by molar-refractivity contribution is 5.73. The summed E-state index contributed by atoms with van der Waals surface area (Å²) in [7, 11) is 3.98. The first-order valence-electron chi connectivity index (χ1n) is 9.84. The first-order chi connectivity index (χ1) is 13.1. The smallest absolute Gasteiger partial charge is 0.317 e. The van der Waals surface area contributed by atoms with Crippen LogP contribution in [0.25, 0.3) is 0 Å². The summed E-state index contributed by atoms with van der Waals surface area (Å²) in [5.41, 5.74) is 3.24. The van der Waals surface area contributed by atoms with Gasteiger partial charge in [0.25, 0.3) is 0 Å². The van der Waals surface area contributed by atoms with Gasteiger partial charge in [0.15, 0.2) is 0 Å². The number of pyridine rings is 1. The molecule has 0 saturated heterocycles. The van der Waals surface area contributed by atoms with Crippen LogP contribution in [-0.4, -0.2) is 36.1 Å². The maximum absolute atomic E-state index is 12.3. The van der Waals surface area contributed by atoms with Crippen LogP contribution in [0.15, 0.2) is 48.7 Å². The van der Waals surface area contributed by atoms with Gasteiger partial charge in [-0.25, -0.2) is 4.79 Å². The third-order valence-corrected chi connectivity index (χ3v) is 5.38. The van der Waals surface area contributed by atoms with Crippen molar-refractivity contribution in [3.8, 4) is 0 Å². The Kier molecular flexibility index (Phi) is 6.69. The van der Waals surface area contributed by atoms with Crippen LogP contribution < -0.4 is 10.2 Å². The molecule has 0 spiro atoms. The van der Waals surface area contributed by atoms with E-state index in [1.165, 1.54) is 37.8 Å². The molecule has 1 fully saturated rings. The van der Waals surface area contributed by atoms with Crippen LogP contribution in [0.4, 0.5) is 10.5 Å². The molecule has 1 aromatic carbocycles. The van der Waals surface area contributed by atoms with Gasteiger partial charge in [-0.1, -0.05) is 37.5 Å². The summed E-state index contributed by atoms with van der Waals surface area (Å²) in [5.74, 6) is 0.